The van der Waals surface area contributed by atoms with E-state index in [1.165, 1.54) is 10.4 Å². The monoisotopic (exact) mass is 334 g/mol. The molecule has 6 nitrogen and oxygen atoms in total. The number of piperazine rings is 1. The van der Waals surface area contributed by atoms with E-state index in [2.05, 4.69) is 33.7 Å². The molecular formula is C16H22N4O2S. The smallest absolute Gasteiger partial charge is 0.317 e. The summed E-state index contributed by atoms with van der Waals surface area (Å²) in [5.74, 6) is 0.835. The molecule has 2 aromatic rings. The molecule has 0 spiro atoms. The van der Waals surface area contributed by atoms with Crippen molar-refractivity contribution in [1.29, 1.82) is 0 Å². The number of aromatic nitrogens is 1. The van der Waals surface area contributed by atoms with E-state index in [9.17, 15) is 4.79 Å². The van der Waals surface area contributed by atoms with Gasteiger partial charge in [-0.2, -0.15) is 0 Å². The molecule has 1 N–H and O–H groups in total. The van der Waals surface area contributed by atoms with E-state index in [1.54, 1.807) is 11.3 Å². The minimum Gasteiger partial charge on any atom is -0.361 e. The van der Waals surface area contributed by atoms with Gasteiger partial charge in [0.15, 0.2) is 0 Å². The second-order valence-corrected chi connectivity index (χ2v) is 6.88. The van der Waals surface area contributed by atoms with Crippen molar-refractivity contribution in [2.75, 3.05) is 26.2 Å². The fourth-order valence-corrected chi connectivity index (χ4v) is 3.53. The Morgan fingerprint density at radius 1 is 1.35 bits per heavy atom. The van der Waals surface area contributed by atoms with E-state index in [4.69, 9.17) is 4.52 Å². The molecule has 0 aromatic carbocycles. The van der Waals surface area contributed by atoms with Crippen LogP contribution < -0.4 is 5.32 Å². The first kappa shape index (κ1) is 16.0. The number of nitrogens with zero attached hydrogens (tertiary/aromatic N) is 3. The molecule has 0 radical (unpaired) electrons. The highest BCUT2D eigenvalue weighted by Crippen LogP contribution is 2.15. The van der Waals surface area contributed by atoms with Crippen molar-refractivity contribution in [2.24, 2.45) is 0 Å². The number of carbonyl (C=O) groups excluding carboxylic acids is 1. The van der Waals surface area contributed by atoms with Crippen molar-refractivity contribution in [1.82, 2.24) is 20.3 Å². The molecule has 3 rings (SSSR count). The molecule has 0 bridgehead atoms. The van der Waals surface area contributed by atoms with Crippen LogP contribution in [0.4, 0.5) is 4.79 Å². The van der Waals surface area contributed by atoms with Crippen LogP contribution in [0.2, 0.25) is 0 Å². The van der Waals surface area contributed by atoms with Gasteiger partial charge in [-0.05, 0) is 30.9 Å². The molecule has 0 atom stereocenters. The highest BCUT2D eigenvalue weighted by Gasteiger charge is 2.21. The van der Waals surface area contributed by atoms with Gasteiger partial charge < -0.3 is 14.7 Å². The van der Waals surface area contributed by atoms with Crippen LogP contribution in [0.1, 0.15) is 21.9 Å². The first-order valence-corrected chi connectivity index (χ1v) is 8.70. The fourth-order valence-electron chi connectivity index (χ4n) is 2.68. The summed E-state index contributed by atoms with van der Waals surface area (Å²) in [5.41, 5.74) is 2.19. The number of thiophene rings is 1. The zero-order chi connectivity index (χ0) is 16.2. The molecule has 2 aromatic heterocycles. The Hall–Kier alpha value is -1.86. The standard InChI is InChI=1S/C16H22N4O2S/c1-12-3-8-23-15(12)10-17-16(21)20-6-4-19(5-7-20)11-14-9-13(2)22-18-14/h3,8-9H,4-7,10-11H2,1-2H3,(H,17,21). The van der Waals surface area contributed by atoms with E-state index >= 15 is 0 Å². The maximum absolute atomic E-state index is 12.2. The van der Waals surface area contributed by atoms with Crippen molar-refractivity contribution < 1.29 is 9.32 Å². The first-order valence-electron chi connectivity index (χ1n) is 7.82. The normalized spacial score (nSPS) is 15.8. The van der Waals surface area contributed by atoms with Crippen LogP contribution in [0.3, 0.4) is 0 Å². The number of urea groups is 1. The van der Waals surface area contributed by atoms with Gasteiger partial charge in [0, 0.05) is 43.7 Å². The Kier molecular flexibility index (Phi) is 4.97. The number of amides is 2. The van der Waals surface area contributed by atoms with Crippen molar-refractivity contribution in [3.63, 3.8) is 0 Å². The molecule has 0 unspecified atom stereocenters. The molecule has 2 amide bonds. The molecular weight excluding hydrogens is 312 g/mol. The lowest BCUT2D eigenvalue weighted by Crippen LogP contribution is -2.51. The van der Waals surface area contributed by atoms with Gasteiger partial charge in [0.05, 0.1) is 12.2 Å². The summed E-state index contributed by atoms with van der Waals surface area (Å²) < 4.78 is 5.09. The number of hydrogen-bond acceptors (Lipinski definition) is 5. The van der Waals surface area contributed by atoms with Crippen LogP contribution in [-0.2, 0) is 13.1 Å². The van der Waals surface area contributed by atoms with Crippen LogP contribution >= 0.6 is 11.3 Å². The van der Waals surface area contributed by atoms with E-state index in [0.717, 1.165) is 44.2 Å². The van der Waals surface area contributed by atoms with Crippen molar-refractivity contribution in [2.45, 2.75) is 26.9 Å². The number of carbonyl (C=O) groups is 1. The maximum Gasteiger partial charge on any atom is 0.317 e. The Labute approximate surface area is 140 Å². The highest BCUT2D eigenvalue weighted by atomic mass is 32.1. The molecule has 0 aliphatic carbocycles. The van der Waals surface area contributed by atoms with E-state index in [0.29, 0.717) is 6.54 Å². The molecule has 1 saturated heterocycles. The summed E-state index contributed by atoms with van der Waals surface area (Å²) in [7, 11) is 0. The number of nitrogens with one attached hydrogen (secondary N) is 1. The number of hydrogen-bond donors (Lipinski definition) is 1. The molecule has 23 heavy (non-hydrogen) atoms. The topological polar surface area (TPSA) is 61.6 Å². The van der Waals surface area contributed by atoms with Crippen LogP contribution in [0.5, 0.6) is 0 Å². The number of rotatable bonds is 4. The molecule has 1 aliphatic heterocycles. The predicted molar refractivity (Wildman–Crippen MR) is 89.4 cm³/mol. The Morgan fingerprint density at radius 2 is 2.13 bits per heavy atom. The van der Waals surface area contributed by atoms with Gasteiger partial charge in [0.1, 0.15) is 5.76 Å². The van der Waals surface area contributed by atoms with Crippen molar-refractivity contribution in [3.05, 3.63) is 39.4 Å². The average Bonchev–Trinajstić information content (AvgIpc) is 3.14. The second-order valence-electron chi connectivity index (χ2n) is 5.88. The first-order chi connectivity index (χ1) is 11.1. The molecule has 1 aliphatic rings. The second kappa shape index (κ2) is 7.14. The SMILES string of the molecule is Cc1cc(CN2CCN(C(=O)NCc3sccc3C)CC2)no1. The highest BCUT2D eigenvalue weighted by molar-refractivity contribution is 7.10. The summed E-state index contributed by atoms with van der Waals surface area (Å²) in [5, 5.41) is 9.09. The van der Waals surface area contributed by atoms with Crippen LogP contribution in [-0.4, -0.2) is 47.2 Å². The van der Waals surface area contributed by atoms with Gasteiger partial charge in [-0.1, -0.05) is 5.16 Å². The van der Waals surface area contributed by atoms with E-state index < -0.39 is 0 Å². The van der Waals surface area contributed by atoms with E-state index in [-0.39, 0.29) is 6.03 Å². The van der Waals surface area contributed by atoms with Gasteiger partial charge in [-0.3, -0.25) is 4.90 Å². The Bertz CT molecular complexity index is 659. The lowest BCUT2D eigenvalue weighted by Gasteiger charge is -2.34. The molecule has 124 valence electrons. The summed E-state index contributed by atoms with van der Waals surface area (Å²) >= 11 is 1.68. The summed E-state index contributed by atoms with van der Waals surface area (Å²) in [6.07, 6.45) is 0. The molecule has 7 heteroatoms. The fraction of sp³-hybridized carbons (Fsp3) is 0.500. The zero-order valence-electron chi connectivity index (χ0n) is 13.5. The van der Waals surface area contributed by atoms with Crippen LogP contribution in [0.15, 0.2) is 22.0 Å². The lowest BCUT2D eigenvalue weighted by molar-refractivity contribution is 0.133. The van der Waals surface area contributed by atoms with Crippen molar-refractivity contribution in [3.8, 4) is 0 Å². The van der Waals surface area contributed by atoms with Gasteiger partial charge in [0.2, 0.25) is 0 Å². The van der Waals surface area contributed by atoms with Crippen molar-refractivity contribution >= 4 is 17.4 Å². The third kappa shape index (κ3) is 4.11. The Balaban J connectivity index is 1.43. The third-order valence-corrected chi connectivity index (χ3v) is 5.11. The van der Waals surface area contributed by atoms with Gasteiger partial charge in [-0.15, -0.1) is 11.3 Å². The maximum atomic E-state index is 12.2. The Morgan fingerprint density at radius 3 is 2.74 bits per heavy atom. The molecule has 1 fully saturated rings. The summed E-state index contributed by atoms with van der Waals surface area (Å²) in [6, 6.07) is 4.06. The summed E-state index contributed by atoms with van der Waals surface area (Å²) in [6.45, 7) is 8.56. The van der Waals surface area contributed by atoms with Gasteiger partial charge in [0.25, 0.3) is 0 Å². The molecule has 3 heterocycles. The third-order valence-electron chi connectivity index (χ3n) is 4.09. The molecule has 0 saturated carbocycles. The number of aryl methyl sites for hydroxylation is 2. The largest absolute Gasteiger partial charge is 0.361 e. The zero-order valence-corrected chi connectivity index (χ0v) is 14.4. The van der Waals surface area contributed by atoms with E-state index in [1.807, 2.05) is 17.9 Å². The van der Waals surface area contributed by atoms with Gasteiger partial charge >= 0.3 is 6.03 Å². The lowest BCUT2D eigenvalue weighted by atomic mass is 10.3. The minimum absolute atomic E-state index is 0.0229. The van der Waals surface area contributed by atoms with Gasteiger partial charge in [-0.25, -0.2) is 4.79 Å². The van der Waals surface area contributed by atoms with Crippen LogP contribution in [0.25, 0.3) is 0 Å². The summed E-state index contributed by atoms with van der Waals surface area (Å²) in [4.78, 5) is 17.6. The van der Waals surface area contributed by atoms with Crippen LogP contribution in [0, 0.1) is 13.8 Å². The average molecular weight is 334 g/mol. The predicted octanol–water partition coefficient (Wildman–Crippen LogP) is 2.38. The minimum atomic E-state index is 0.0229. The quantitative estimate of drug-likeness (QED) is 0.932.